The molecule has 0 saturated carbocycles. The molecule has 2 rings (SSSR count). The van der Waals surface area contributed by atoms with E-state index in [9.17, 15) is 4.79 Å². The van der Waals surface area contributed by atoms with Gasteiger partial charge in [0.05, 0.1) is 12.7 Å². The fourth-order valence-electron chi connectivity index (χ4n) is 1.88. The van der Waals surface area contributed by atoms with Crippen LogP contribution in [0.5, 0.6) is 0 Å². The lowest BCUT2D eigenvalue weighted by Crippen LogP contribution is -2.18. The predicted octanol–water partition coefficient (Wildman–Crippen LogP) is 3.85. The van der Waals surface area contributed by atoms with E-state index in [1.165, 1.54) is 0 Å². The van der Waals surface area contributed by atoms with Crippen LogP contribution < -0.4 is 0 Å². The van der Waals surface area contributed by atoms with E-state index in [0.29, 0.717) is 16.5 Å². The van der Waals surface area contributed by atoms with E-state index in [1.807, 2.05) is 18.2 Å². The molecule has 1 atom stereocenters. The second kappa shape index (κ2) is 6.96. The van der Waals surface area contributed by atoms with Gasteiger partial charge >= 0.3 is 5.97 Å². The van der Waals surface area contributed by atoms with Gasteiger partial charge in [-0.05, 0) is 43.3 Å². The molecule has 1 aromatic carbocycles. The molecule has 2 aromatic rings. The number of hydrogen-bond donors (Lipinski definition) is 0. The molecule has 0 saturated heterocycles. The van der Waals surface area contributed by atoms with Crippen LogP contribution in [-0.2, 0) is 16.0 Å². The van der Waals surface area contributed by atoms with Crippen LogP contribution in [0.3, 0.4) is 0 Å². The van der Waals surface area contributed by atoms with E-state index in [1.54, 1.807) is 31.2 Å². The van der Waals surface area contributed by atoms with Crippen LogP contribution >= 0.6 is 11.6 Å². The molecular weight excluding hydrogens is 290 g/mol. The molecular formula is C16H14ClNO3. The molecule has 0 aliphatic heterocycles. The van der Waals surface area contributed by atoms with Crippen molar-refractivity contribution in [3.05, 3.63) is 47.2 Å². The molecule has 0 aliphatic rings. The topological polar surface area (TPSA) is 63.2 Å². The monoisotopic (exact) mass is 303 g/mol. The zero-order valence-electron chi connectivity index (χ0n) is 11.5. The predicted molar refractivity (Wildman–Crippen MR) is 78.6 cm³/mol. The maximum atomic E-state index is 11.6. The van der Waals surface area contributed by atoms with Gasteiger partial charge < -0.3 is 9.15 Å². The molecule has 4 nitrogen and oxygen atoms in total. The van der Waals surface area contributed by atoms with Crippen LogP contribution in [0.25, 0.3) is 11.3 Å². The van der Waals surface area contributed by atoms with E-state index < -0.39 is 11.9 Å². The molecule has 0 fully saturated rings. The standard InChI is InChI=1S/C16H14ClNO3/c1-2-20-16(19)12(10-18)9-14-7-8-15(21-14)11-3-5-13(17)6-4-11/h3-8,12H,2,9H2,1H3. The molecule has 5 heteroatoms. The van der Waals surface area contributed by atoms with Crippen molar-refractivity contribution in [2.75, 3.05) is 6.61 Å². The highest BCUT2D eigenvalue weighted by molar-refractivity contribution is 6.30. The summed E-state index contributed by atoms with van der Waals surface area (Å²) in [5, 5.41) is 9.68. The lowest BCUT2D eigenvalue weighted by Gasteiger charge is -2.06. The van der Waals surface area contributed by atoms with Gasteiger partial charge in [-0.2, -0.15) is 5.26 Å². The maximum Gasteiger partial charge on any atom is 0.323 e. The van der Waals surface area contributed by atoms with E-state index >= 15 is 0 Å². The molecule has 0 radical (unpaired) electrons. The Morgan fingerprint density at radius 1 is 1.33 bits per heavy atom. The minimum atomic E-state index is -0.853. The zero-order chi connectivity index (χ0) is 15.2. The zero-order valence-corrected chi connectivity index (χ0v) is 12.3. The number of halogens is 1. The highest BCUT2D eigenvalue weighted by Gasteiger charge is 2.21. The van der Waals surface area contributed by atoms with Gasteiger partial charge in [-0.3, -0.25) is 4.79 Å². The third-order valence-electron chi connectivity index (χ3n) is 2.92. The Bertz CT molecular complexity index is 655. The first kappa shape index (κ1) is 15.1. The number of nitrogens with zero attached hydrogens (tertiary/aromatic N) is 1. The van der Waals surface area contributed by atoms with Gasteiger partial charge in [0.2, 0.25) is 0 Å². The number of carbonyl (C=O) groups excluding carboxylic acids is 1. The Morgan fingerprint density at radius 2 is 2.05 bits per heavy atom. The van der Waals surface area contributed by atoms with Gasteiger partial charge in [-0.15, -0.1) is 0 Å². The Hall–Kier alpha value is -2.25. The van der Waals surface area contributed by atoms with Crippen molar-refractivity contribution in [1.82, 2.24) is 0 Å². The van der Waals surface area contributed by atoms with E-state index in [-0.39, 0.29) is 13.0 Å². The number of hydrogen-bond acceptors (Lipinski definition) is 4. The smallest absolute Gasteiger partial charge is 0.323 e. The van der Waals surface area contributed by atoms with Gasteiger partial charge in [0, 0.05) is 17.0 Å². The third-order valence-corrected chi connectivity index (χ3v) is 3.17. The molecule has 0 N–H and O–H groups in total. The number of rotatable bonds is 5. The number of nitriles is 1. The first-order valence-corrected chi connectivity index (χ1v) is 6.92. The summed E-state index contributed by atoms with van der Waals surface area (Å²) in [5.41, 5.74) is 0.885. The molecule has 0 bridgehead atoms. The van der Waals surface area contributed by atoms with Crippen molar-refractivity contribution in [1.29, 1.82) is 5.26 Å². The SMILES string of the molecule is CCOC(=O)C(C#N)Cc1ccc(-c2ccc(Cl)cc2)o1. The summed E-state index contributed by atoms with van der Waals surface area (Å²) in [6, 6.07) is 12.7. The fraction of sp³-hybridized carbons (Fsp3) is 0.250. The van der Waals surface area contributed by atoms with Crippen molar-refractivity contribution in [2.45, 2.75) is 13.3 Å². The van der Waals surface area contributed by atoms with Crippen molar-refractivity contribution in [3.63, 3.8) is 0 Å². The molecule has 108 valence electrons. The average Bonchev–Trinajstić information content (AvgIpc) is 2.94. The first-order chi connectivity index (χ1) is 10.1. The van der Waals surface area contributed by atoms with Gasteiger partial charge in [-0.25, -0.2) is 0 Å². The quantitative estimate of drug-likeness (QED) is 0.787. The minimum Gasteiger partial charge on any atom is -0.465 e. The van der Waals surface area contributed by atoms with Gasteiger partial charge in [0.1, 0.15) is 11.5 Å². The van der Waals surface area contributed by atoms with Crippen molar-refractivity contribution in [2.24, 2.45) is 5.92 Å². The average molecular weight is 304 g/mol. The Balaban J connectivity index is 2.11. The van der Waals surface area contributed by atoms with Crippen LogP contribution in [0.15, 0.2) is 40.8 Å². The molecule has 0 aliphatic carbocycles. The summed E-state index contributed by atoms with van der Waals surface area (Å²) in [7, 11) is 0. The fourth-order valence-corrected chi connectivity index (χ4v) is 2.01. The first-order valence-electron chi connectivity index (χ1n) is 6.55. The van der Waals surface area contributed by atoms with Crippen LogP contribution in [0.4, 0.5) is 0 Å². The molecule has 1 aromatic heterocycles. The lowest BCUT2D eigenvalue weighted by atomic mass is 10.1. The van der Waals surface area contributed by atoms with Crippen LogP contribution in [0.2, 0.25) is 5.02 Å². The molecule has 21 heavy (non-hydrogen) atoms. The Kier molecular flexibility index (Phi) is 5.02. The number of esters is 1. The third kappa shape index (κ3) is 3.87. The van der Waals surface area contributed by atoms with E-state index in [2.05, 4.69) is 0 Å². The summed E-state index contributed by atoms with van der Waals surface area (Å²) < 4.78 is 10.5. The van der Waals surface area contributed by atoms with Crippen LogP contribution in [0, 0.1) is 17.2 Å². The molecule has 1 unspecified atom stereocenters. The highest BCUT2D eigenvalue weighted by atomic mass is 35.5. The summed E-state index contributed by atoms with van der Waals surface area (Å²) in [5.74, 6) is -0.139. The summed E-state index contributed by atoms with van der Waals surface area (Å²) in [4.78, 5) is 11.6. The highest BCUT2D eigenvalue weighted by Crippen LogP contribution is 2.25. The molecule has 1 heterocycles. The van der Waals surface area contributed by atoms with Crippen molar-refractivity contribution >= 4 is 17.6 Å². The Morgan fingerprint density at radius 3 is 2.67 bits per heavy atom. The second-order valence-electron chi connectivity index (χ2n) is 4.41. The number of furan rings is 1. The number of ether oxygens (including phenoxy) is 1. The van der Waals surface area contributed by atoms with E-state index in [4.69, 9.17) is 26.0 Å². The largest absolute Gasteiger partial charge is 0.465 e. The van der Waals surface area contributed by atoms with Gasteiger partial charge in [-0.1, -0.05) is 11.6 Å². The number of benzene rings is 1. The number of carbonyl (C=O) groups is 1. The van der Waals surface area contributed by atoms with Gasteiger partial charge in [0.25, 0.3) is 0 Å². The lowest BCUT2D eigenvalue weighted by molar-refractivity contribution is -0.146. The summed E-state index contributed by atoms with van der Waals surface area (Å²) in [6.45, 7) is 1.96. The molecule has 0 spiro atoms. The Labute approximate surface area is 127 Å². The van der Waals surface area contributed by atoms with Gasteiger partial charge in [0.15, 0.2) is 5.92 Å². The van der Waals surface area contributed by atoms with Crippen LogP contribution in [-0.4, -0.2) is 12.6 Å². The molecule has 0 amide bonds. The summed E-state index contributed by atoms with van der Waals surface area (Å²) >= 11 is 5.84. The maximum absolute atomic E-state index is 11.6. The second-order valence-corrected chi connectivity index (χ2v) is 4.85. The van der Waals surface area contributed by atoms with Crippen LogP contribution in [0.1, 0.15) is 12.7 Å². The minimum absolute atomic E-state index is 0.197. The van der Waals surface area contributed by atoms with Crippen molar-refractivity contribution in [3.8, 4) is 17.4 Å². The normalized spacial score (nSPS) is 11.7. The summed E-state index contributed by atoms with van der Waals surface area (Å²) in [6.07, 6.45) is 0.197. The van der Waals surface area contributed by atoms with E-state index in [0.717, 1.165) is 5.56 Å². The van der Waals surface area contributed by atoms with Crippen molar-refractivity contribution < 1.29 is 13.9 Å².